The normalized spacial score (nSPS) is 10.2. The van der Waals surface area contributed by atoms with Gasteiger partial charge in [-0.2, -0.15) is 0 Å². The first kappa shape index (κ1) is 13.4. The number of nitrogens with two attached hydrogens (primary N) is 1. The Labute approximate surface area is 114 Å². The number of anilines is 1. The van der Waals surface area contributed by atoms with Crippen LogP contribution in [0.15, 0.2) is 30.3 Å². The lowest BCUT2D eigenvalue weighted by molar-refractivity contribution is -0.116. The second-order valence-corrected chi connectivity index (χ2v) is 4.75. The average molecular weight is 278 g/mol. The molecule has 0 saturated carbocycles. The number of carbonyl (C=O) groups is 1. The van der Waals surface area contributed by atoms with Crippen LogP contribution in [-0.4, -0.2) is 22.6 Å². The molecule has 2 aromatic rings. The van der Waals surface area contributed by atoms with E-state index < -0.39 is 0 Å². The van der Waals surface area contributed by atoms with E-state index >= 15 is 0 Å². The van der Waals surface area contributed by atoms with Gasteiger partial charge in [-0.3, -0.25) is 4.79 Å². The van der Waals surface area contributed by atoms with Crippen LogP contribution in [0.5, 0.6) is 5.75 Å². The third-order valence-corrected chi connectivity index (χ3v) is 3.00. The topological polar surface area (TPSA) is 90.1 Å². The SMILES string of the molecule is NCCC(=O)Nc1nnc(COc2ccccc2)s1. The van der Waals surface area contributed by atoms with Crippen molar-refractivity contribution in [3.05, 3.63) is 35.3 Å². The van der Waals surface area contributed by atoms with Crippen molar-refractivity contribution < 1.29 is 9.53 Å². The van der Waals surface area contributed by atoms with Crippen molar-refractivity contribution in [2.45, 2.75) is 13.0 Å². The van der Waals surface area contributed by atoms with E-state index in [9.17, 15) is 4.79 Å². The van der Waals surface area contributed by atoms with Crippen LogP contribution in [-0.2, 0) is 11.4 Å². The Morgan fingerprint density at radius 1 is 1.32 bits per heavy atom. The van der Waals surface area contributed by atoms with Crippen LogP contribution in [0, 0.1) is 0 Å². The van der Waals surface area contributed by atoms with Crippen molar-refractivity contribution in [2.24, 2.45) is 5.73 Å². The molecule has 7 heteroatoms. The molecule has 0 aliphatic rings. The molecule has 2 rings (SSSR count). The fraction of sp³-hybridized carbons (Fsp3) is 0.250. The minimum absolute atomic E-state index is 0.158. The molecule has 0 aliphatic carbocycles. The molecule has 1 aromatic carbocycles. The summed E-state index contributed by atoms with van der Waals surface area (Å²) in [5, 5.41) is 11.6. The first-order valence-corrected chi connectivity index (χ1v) is 6.59. The van der Waals surface area contributed by atoms with Gasteiger partial charge in [0.25, 0.3) is 0 Å². The molecule has 100 valence electrons. The maximum atomic E-state index is 11.3. The number of para-hydroxylation sites is 1. The van der Waals surface area contributed by atoms with Gasteiger partial charge in [0.1, 0.15) is 12.4 Å². The molecule has 6 nitrogen and oxygen atoms in total. The Bertz CT molecular complexity index is 530. The van der Waals surface area contributed by atoms with Crippen LogP contribution in [0.2, 0.25) is 0 Å². The summed E-state index contributed by atoms with van der Waals surface area (Å²) < 4.78 is 5.53. The van der Waals surface area contributed by atoms with E-state index in [0.29, 0.717) is 23.3 Å². The Balaban J connectivity index is 1.85. The summed E-state index contributed by atoms with van der Waals surface area (Å²) in [7, 11) is 0. The lowest BCUT2D eigenvalue weighted by Gasteiger charge is -2.01. The number of benzene rings is 1. The summed E-state index contributed by atoms with van der Waals surface area (Å²) in [6.07, 6.45) is 0.273. The van der Waals surface area contributed by atoms with Gasteiger partial charge in [-0.05, 0) is 12.1 Å². The second kappa shape index (κ2) is 6.81. The van der Waals surface area contributed by atoms with Crippen LogP contribution in [0.3, 0.4) is 0 Å². The van der Waals surface area contributed by atoms with E-state index in [1.165, 1.54) is 11.3 Å². The van der Waals surface area contributed by atoms with Gasteiger partial charge in [-0.25, -0.2) is 0 Å². The minimum Gasteiger partial charge on any atom is -0.486 e. The largest absolute Gasteiger partial charge is 0.486 e. The first-order chi connectivity index (χ1) is 9.28. The van der Waals surface area contributed by atoms with Gasteiger partial charge in [0, 0.05) is 13.0 Å². The number of rotatable bonds is 6. The molecule has 0 saturated heterocycles. The van der Waals surface area contributed by atoms with Crippen LogP contribution in [0.25, 0.3) is 0 Å². The van der Waals surface area contributed by atoms with Crippen molar-refractivity contribution in [1.29, 1.82) is 0 Å². The predicted molar refractivity (Wildman–Crippen MR) is 73.0 cm³/mol. The molecular weight excluding hydrogens is 264 g/mol. The highest BCUT2D eigenvalue weighted by Crippen LogP contribution is 2.18. The maximum absolute atomic E-state index is 11.3. The number of ether oxygens (including phenoxy) is 1. The van der Waals surface area contributed by atoms with Crippen molar-refractivity contribution in [2.75, 3.05) is 11.9 Å². The smallest absolute Gasteiger partial charge is 0.227 e. The standard InChI is InChI=1S/C12H14N4O2S/c13-7-6-10(17)14-12-16-15-11(19-12)8-18-9-4-2-1-3-5-9/h1-5H,6-8,13H2,(H,14,16,17). The first-order valence-electron chi connectivity index (χ1n) is 5.78. The molecule has 0 spiro atoms. The summed E-state index contributed by atoms with van der Waals surface area (Å²) in [4.78, 5) is 11.3. The van der Waals surface area contributed by atoms with Crippen molar-refractivity contribution >= 4 is 22.4 Å². The van der Waals surface area contributed by atoms with Gasteiger partial charge < -0.3 is 15.8 Å². The molecule has 0 radical (unpaired) electrons. The molecule has 1 heterocycles. The number of hydrogen-bond acceptors (Lipinski definition) is 6. The van der Waals surface area contributed by atoms with Gasteiger partial charge in [-0.15, -0.1) is 10.2 Å². The molecule has 0 fully saturated rings. The Morgan fingerprint density at radius 2 is 2.11 bits per heavy atom. The van der Waals surface area contributed by atoms with Crippen molar-refractivity contribution in [3.8, 4) is 5.75 Å². The predicted octanol–water partition coefficient (Wildman–Crippen LogP) is 1.40. The van der Waals surface area contributed by atoms with Gasteiger partial charge >= 0.3 is 0 Å². The number of carbonyl (C=O) groups excluding carboxylic acids is 1. The molecule has 3 N–H and O–H groups in total. The third kappa shape index (κ3) is 4.31. The highest BCUT2D eigenvalue weighted by Gasteiger charge is 2.07. The highest BCUT2D eigenvalue weighted by atomic mass is 32.1. The fourth-order valence-electron chi connectivity index (χ4n) is 1.34. The number of nitrogens with one attached hydrogen (secondary N) is 1. The molecule has 1 aromatic heterocycles. The van der Waals surface area contributed by atoms with E-state index in [1.54, 1.807) is 0 Å². The monoisotopic (exact) mass is 278 g/mol. The Hall–Kier alpha value is -1.99. The summed E-state index contributed by atoms with van der Waals surface area (Å²) in [6, 6.07) is 9.45. The van der Waals surface area contributed by atoms with Crippen molar-refractivity contribution in [1.82, 2.24) is 10.2 Å². The summed E-state index contributed by atoms with van der Waals surface area (Å²) >= 11 is 1.29. The Kier molecular flexibility index (Phi) is 4.82. The molecule has 0 atom stereocenters. The highest BCUT2D eigenvalue weighted by molar-refractivity contribution is 7.15. The lowest BCUT2D eigenvalue weighted by atomic mass is 10.3. The Morgan fingerprint density at radius 3 is 2.84 bits per heavy atom. The van der Waals surface area contributed by atoms with Gasteiger partial charge in [0.15, 0.2) is 5.01 Å². The summed E-state index contributed by atoms with van der Waals surface area (Å²) in [6.45, 7) is 0.642. The molecule has 19 heavy (non-hydrogen) atoms. The van der Waals surface area contributed by atoms with Gasteiger partial charge in [-0.1, -0.05) is 29.5 Å². The van der Waals surface area contributed by atoms with E-state index in [4.69, 9.17) is 10.5 Å². The summed E-state index contributed by atoms with van der Waals surface area (Å²) in [5.41, 5.74) is 5.29. The summed E-state index contributed by atoms with van der Waals surface area (Å²) in [5.74, 6) is 0.612. The maximum Gasteiger partial charge on any atom is 0.227 e. The molecule has 1 amide bonds. The quantitative estimate of drug-likeness (QED) is 0.833. The van der Waals surface area contributed by atoms with Crippen LogP contribution < -0.4 is 15.8 Å². The van der Waals surface area contributed by atoms with Crippen LogP contribution >= 0.6 is 11.3 Å². The van der Waals surface area contributed by atoms with E-state index in [-0.39, 0.29) is 12.3 Å². The lowest BCUT2D eigenvalue weighted by Crippen LogP contribution is -2.15. The zero-order valence-corrected chi connectivity index (χ0v) is 11.0. The number of aromatic nitrogens is 2. The third-order valence-electron chi connectivity index (χ3n) is 2.19. The average Bonchev–Trinajstić information content (AvgIpc) is 2.85. The zero-order valence-electron chi connectivity index (χ0n) is 10.2. The van der Waals surface area contributed by atoms with Gasteiger partial charge in [0.2, 0.25) is 11.0 Å². The molecule has 0 aliphatic heterocycles. The van der Waals surface area contributed by atoms with Crippen molar-refractivity contribution in [3.63, 3.8) is 0 Å². The minimum atomic E-state index is -0.158. The van der Waals surface area contributed by atoms with E-state index in [2.05, 4.69) is 15.5 Å². The molecule has 0 bridgehead atoms. The fourth-order valence-corrected chi connectivity index (χ4v) is 2.01. The molecular formula is C12H14N4O2S. The van der Waals surface area contributed by atoms with E-state index in [0.717, 1.165) is 5.75 Å². The number of amides is 1. The van der Waals surface area contributed by atoms with E-state index in [1.807, 2.05) is 30.3 Å². The molecule has 0 unspecified atom stereocenters. The number of nitrogens with zero attached hydrogens (tertiary/aromatic N) is 2. The van der Waals surface area contributed by atoms with Gasteiger partial charge in [0.05, 0.1) is 0 Å². The van der Waals surface area contributed by atoms with Crippen LogP contribution in [0.4, 0.5) is 5.13 Å². The second-order valence-electron chi connectivity index (χ2n) is 3.69. The zero-order chi connectivity index (χ0) is 13.5. The number of hydrogen-bond donors (Lipinski definition) is 2. The van der Waals surface area contributed by atoms with Crippen LogP contribution in [0.1, 0.15) is 11.4 Å².